The van der Waals surface area contributed by atoms with Gasteiger partial charge in [0.15, 0.2) is 0 Å². The van der Waals surface area contributed by atoms with Crippen molar-refractivity contribution >= 4 is 7.37 Å². The van der Waals surface area contributed by atoms with Gasteiger partial charge in [-0.25, -0.2) is 0 Å². The highest BCUT2D eigenvalue weighted by atomic mass is 31.2. The molecule has 0 spiro atoms. The predicted octanol–water partition coefficient (Wildman–Crippen LogP) is 3.51. The molecular weight excluding hydrogens is 183 g/mol. The molecule has 0 heterocycles. The third-order valence-corrected chi connectivity index (χ3v) is 4.84. The van der Waals surface area contributed by atoms with Gasteiger partial charge in [0.05, 0.1) is 0 Å². The van der Waals surface area contributed by atoms with E-state index in [9.17, 15) is 9.46 Å². The number of hydrogen-bond acceptors (Lipinski definition) is 1. The monoisotopic (exact) mass is 202 g/mol. The van der Waals surface area contributed by atoms with E-state index in [2.05, 4.69) is 6.92 Å². The fourth-order valence-electron chi connectivity index (χ4n) is 1.43. The molecule has 3 heteroatoms. The molecule has 0 aromatic carbocycles. The van der Waals surface area contributed by atoms with Crippen molar-refractivity contribution in [1.82, 2.24) is 0 Å². The first kappa shape index (κ1) is 11.0. The third-order valence-electron chi connectivity index (χ3n) is 2.64. The van der Waals surface area contributed by atoms with Gasteiger partial charge in [-0.05, 0) is 25.1 Å². The van der Waals surface area contributed by atoms with E-state index in [4.69, 9.17) is 0 Å². The summed E-state index contributed by atoms with van der Waals surface area (Å²) in [6, 6.07) is 0. The summed E-state index contributed by atoms with van der Waals surface area (Å²) < 4.78 is 11.6. The van der Waals surface area contributed by atoms with E-state index < -0.39 is 7.37 Å². The van der Waals surface area contributed by atoms with Gasteiger partial charge in [0, 0.05) is 5.66 Å². The molecule has 0 radical (unpaired) electrons. The first-order valence-electron chi connectivity index (χ1n) is 5.16. The van der Waals surface area contributed by atoms with Gasteiger partial charge < -0.3 is 4.89 Å². The number of allylic oxidation sites excluding steroid dienone is 1. The normalized spacial score (nSPS) is 22.9. The van der Waals surface area contributed by atoms with Gasteiger partial charge in [-0.1, -0.05) is 32.3 Å². The summed E-state index contributed by atoms with van der Waals surface area (Å²) in [6.45, 7) is 2.12. The van der Waals surface area contributed by atoms with Crippen LogP contribution in [-0.4, -0.2) is 10.6 Å². The van der Waals surface area contributed by atoms with Gasteiger partial charge in [0.1, 0.15) is 0 Å². The molecule has 0 amide bonds. The Labute approximate surface area is 80.5 Å². The molecular formula is C10H19O2P. The van der Waals surface area contributed by atoms with Crippen LogP contribution in [0.2, 0.25) is 0 Å². The summed E-state index contributed by atoms with van der Waals surface area (Å²) in [5.74, 6) is 1.56. The second-order valence-corrected chi connectivity index (χ2v) is 6.16. The lowest BCUT2D eigenvalue weighted by Gasteiger charge is -2.27. The Morgan fingerprint density at radius 3 is 2.69 bits per heavy atom. The van der Waals surface area contributed by atoms with E-state index in [0.717, 1.165) is 38.5 Å². The highest BCUT2D eigenvalue weighted by molar-refractivity contribution is 7.62. The van der Waals surface area contributed by atoms with Crippen LogP contribution in [-0.2, 0) is 4.57 Å². The lowest BCUT2D eigenvalue weighted by molar-refractivity contribution is 0.418. The lowest BCUT2D eigenvalue weighted by atomic mass is 10.00. The van der Waals surface area contributed by atoms with E-state index in [0.29, 0.717) is 0 Å². The topological polar surface area (TPSA) is 37.3 Å². The summed E-state index contributed by atoms with van der Waals surface area (Å²) in [4.78, 5) is 9.60. The molecule has 0 aromatic rings. The maximum absolute atomic E-state index is 11.6. The van der Waals surface area contributed by atoms with E-state index in [1.54, 1.807) is 5.82 Å². The van der Waals surface area contributed by atoms with Crippen molar-refractivity contribution in [2.75, 3.05) is 0 Å². The molecule has 0 aliphatic heterocycles. The maximum Gasteiger partial charge on any atom is 0.225 e. The second kappa shape index (κ2) is 4.97. The zero-order valence-corrected chi connectivity index (χ0v) is 9.17. The molecule has 1 atom stereocenters. The van der Waals surface area contributed by atoms with Crippen LogP contribution in [0.15, 0.2) is 11.9 Å². The zero-order chi connectivity index (χ0) is 9.73. The Balaban J connectivity index is 2.32. The Hall–Kier alpha value is -0.0700. The molecule has 1 N–H and O–H groups in total. The molecule has 13 heavy (non-hydrogen) atoms. The molecule has 1 unspecified atom stereocenters. The van der Waals surface area contributed by atoms with Gasteiger partial charge in [-0.2, -0.15) is 0 Å². The molecule has 0 bridgehead atoms. The molecule has 1 aliphatic rings. The summed E-state index contributed by atoms with van der Waals surface area (Å²) in [5.41, 5.74) is 0.0744. The predicted molar refractivity (Wildman–Crippen MR) is 56.1 cm³/mol. The molecule has 0 aromatic heterocycles. The number of hydrogen-bond donors (Lipinski definition) is 1. The van der Waals surface area contributed by atoms with Crippen molar-refractivity contribution in [3.8, 4) is 0 Å². The van der Waals surface area contributed by atoms with Gasteiger partial charge in [-0.15, -0.1) is 0 Å². The average molecular weight is 202 g/mol. The second-order valence-electron chi connectivity index (χ2n) is 3.78. The van der Waals surface area contributed by atoms with Crippen LogP contribution in [0.5, 0.6) is 0 Å². The lowest BCUT2D eigenvalue weighted by Crippen LogP contribution is -2.16. The van der Waals surface area contributed by atoms with E-state index in [1.165, 1.54) is 0 Å². The average Bonchev–Trinajstić information content (AvgIpc) is 1.93. The van der Waals surface area contributed by atoms with Crippen molar-refractivity contribution in [2.45, 2.75) is 51.1 Å². The quantitative estimate of drug-likeness (QED) is 0.547. The van der Waals surface area contributed by atoms with Crippen LogP contribution >= 0.6 is 7.37 Å². The van der Waals surface area contributed by atoms with E-state index in [1.807, 2.05) is 6.08 Å². The Bertz CT molecular complexity index is 219. The van der Waals surface area contributed by atoms with Crippen molar-refractivity contribution < 1.29 is 9.46 Å². The van der Waals surface area contributed by atoms with Crippen molar-refractivity contribution in [1.29, 1.82) is 0 Å². The van der Waals surface area contributed by atoms with Crippen molar-refractivity contribution in [3.05, 3.63) is 11.9 Å². The van der Waals surface area contributed by atoms with Gasteiger partial charge in [-0.3, -0.25) is 4.57 Å². The van der Waals surface area contributed by atoms with Crippen LogP contribution < -0.4 is 0 Å². The van der Waals surface area contributed by atoms with Crippen LogP contribution in [0.25, 0.3) is 0 Å². The zero-order valence-electron chi connectivity index (χ0n) is 8.28. The van der Waals surface area contributed by atoms with Crippen LogP contribution in [0, 0.1) is 0 Å². The Morgan fingerprint density at radius 1 is 1.54 bits per heavy atom. The summed E-state index contributed by atoms with van der Waals surface area (Å²) >= 11 is 0. The SMILES string of the molecule is CCCCC=CP(=O)(O)C1CCC1. The molecule has 1 saturated carbocycles. The largest absolute Gasteiger partial charge is 0.341 e. The minimum absolute atomic E-state index is 0.0744. The Kier molecular flexibility index (Phi) is 4.21. The van der Waals surface area contributed by atoms with Gasteiger partial charge in [0.2, 0.25) is 7.37 Å². The van der Waals surface area contributed by atoms with Crippen molar-refractivity contribution in [2.24, 2.45) is 0 Å². The van der Waals surface area contributed by atoms with Crippen LogP contribution in [0.1, 0.15) is 45.4 Å². The smallest absolute Gasteiger partial charge is 0.225 e. The molecule has 2 nitrogen and oxygen atoms in total. The minimum Gasteiger partial charge on any atom is -0.341 e. The first-order chi connectivity index (χ1) is 6.17. The maximum atomic E-state index is 11.6. The summed E-state index contributed by atoms with van der Waals surface area (Å²) in [6.07, 6.45) is 8.07. The molecule has 76 valence electrons. The van der Waals surface area contributed by atoms with Crippen LogP contribution in [0.4, 0.5) is 0 Å². The van der Waals surface area contributed by atoms with Gasteiger partial charge >= 0.3 is 0 Å². The summed E-state index contributed by atoms with van der Waals surface area (Å²) in [5, 5.41) is 0. The standard InChI is InChI=1S/C10H19O2P/c1-2-3-4-5-9-13(11,12)10-7-6-8-10/h5,9-10H,2-4,6-8H2,1H3,(H,11,12). The molecule has 1 rings (SSSR count). The van der Waals surface area contributed by atoms with Crippen molar-refractivity contribution in [3.63, 3.8) is 0 Å². The number of rotatable bonds is 5. The number of unbranched alkanes of at least 4 members (excludes halogenated alkanes) is 2. The molecule has 1 aliphatic carbocycles. The fraction of sp³-hybridized carbons (Fsp3) is 0.800. The highest BCUT2D eigenvalue weighted by Gasteiger charge is 2.32. The Morgan fingerprint density at radius 2 is 2.23 bits per heavy atom. The van der Waals surface area contributed by atoms with Gasteiger partial charge in [0.25, 0.3) is 0 Å². The molecule has 1 fully saturated rings. The third kappa shape index (κ3) is 3.28. The molecule has 0 saturated heterocycles. The summed E-state index contributed by atoms with van der Waals surface area (Å²) in [7, 11) is -2.92. The van der Waals surface area contributed by atoms with E-state index in [-0.39, 0.29) is 5.66 Å². The highest BCUT2D eigenvalue weighted by Crippen LogP contribution is 2.55. The minimum atomic E-state index is -2.92. The van der Waals surface area contributed by atoms with Crippen LogP contribution in [0.3, 0.4) is 0 Å². The van der Waals surface area contributed by atoms with E-state index >= 15 is 0 Å². The fourth-order valence-corrected chi connectivity index (χ4v) is 3.23. The first-order valence-corrected chi connectivity index (χ1v) is 6.96.